The van der Waals surface area contributed by atoms with Gasteiger partial charge in [0.15, 0.2) is 6.10 Å². The largest absolute Gasteiger partial charge is 0.479 e. The van der Waals surface area contributed by atoms with Gasteiger partial charge >= 0.3 is 5.97 Å². The Bertz CT molecular complexity index is 211. The number of carboxylic acid groups (broad SMARTS) is 1. The maximum absolute atomic E-state index is 11.0. The second kappa shape index (κ2) is 9.39. The Hall–Kier alpha value is -0.650. The molecule has 0 aliphatic rings. The highest BCUT2D eigenvalue weighted by Gasteiger charge is 2.23. The van der Waals surface area contributed by atoms with Crippen LogP contribution in [0.4, 0.5) is 0 Å². The van der Waals surface area contributed by atoms with Crippen LogP contribution in [0.3, 0.4) is 0 Å². The monoisotopic (exact) mass is 247 g/mol. The maximum atomic E-state index is 11.0. The molecule has 0 aromatic carbocycles. The molecule has 0 fully saturated rings. The van der Waals surface area contributed by atoms with E-state index in [9.17, 15) is 4.79 Å². The van der Waals surface area contributed by atoms with Gasteiger partial charge in [0.05, 0.1) is 6.61 Å². The van der Waals surface area contributed by atoms with Crippen LogP contribution in [0.25, 0.3) is 0 Å². The highest BCUT2D eigenvalue weighted by atomic mass is 16.5. The molecule has 0 bridgehead atoms. The van der Waals surface area contributed by atoms with Crippen molar-refractivity contribution in [2.24, 2.45) is 0 Å². The van der Waals surface area contributed by atoms with Crippen LogP contribution in [0.2, 0.25) is 0 Å². The summed E-state index contributed by atoms with van der Waals surface area (Å²) in [6.45, 7) is 8.11. The molecule has 1 N–H and O–H groups in total. The van der Waals surface area contributed by atoms with E-state index in [-0.39, 0.29) is 0 Å². The molecule has 0 amide bonds. The fraction of sp³-hybridized carbons (Fsp3) is 0.917. The molecule has 17 heavy (non-hydrogen) atoms. The van der Waals surface area contributed by atoms with Gasteiger partial charge in [0, 0.05) is 32.8 Å². The zero-order chi connectivity index (χ0) is 13.3. The number of aliphatic carboxylic acids is 1. The molecule has 5 nitrogen and oxygen atoms in total. The van der Waals surface area contributed by atoms with Crippen LogP contribution in [0.1, 0.15) is 27.2 Å². The van der Waals surface area contributed by atoms with Crippen molar-refractivity contribution in [2.75, 3.05) is 33.4 Å². The first-order valence-corrected chi connectivity index (χ1v) is 6.14. The van der Waals surface area contributed by atoms with Crippen LogP contribution in [0.5, 0.6) is 0 Å². The lowest BCUT2D eigenvalue weighted by atomic mass is 10.2. The Balaban J connectivity index is 4.40. The standard InChI is InChI=1S/C12H25NO4/c1-5-10(3)13(7-8-16-4)9-11(12(14)15)17-6-2/h10-11H,5-9H2,1-4H3,(H,14,15). The molecule has 5 heteroatoms. The molecular weight excluding hydrogens is 222 g/mol. The first kappa shape index (κ1) is 16.4. The summed E-state index contributed by atoms with van der Waals surface area (Å²) >= 11 is 0. The molecule has 102 valence electrons. The molecule has 2 unspecified atom stereocenters. The van der Waals surface area contributed by atoms with Crippen LogP contribution >= 0.6 is 0 Å². The van der Waals surface area contributed by atoms with E-state index in [0.29, 0.717) is 25.8 Å². The van der Waals surface area contributed by atoms with Gasteiger partial charge in [-0.3, -0.25) is 4.90 Å². The Morgan fingerprint density at radius 3 is 2.47 bits per heavy atom. The van der Waals surface area contributed by atoms with Crippen LogP contribution < -0.4 is 0 Å². The van der Waals surface area contributed by atoms with E-state index in [1.54, 1.807) is 14.0 Å². The first-order valence-electron chi connectivity index (χ1n) is 6.14. The lowest BCUT2D eigenvalue weighted by Gasteiger charge is -2.30. The summed E-state index contributed by atoms with van der Waals surface area (Å²) in [7, 11) is 1.64. The van der Waals surface area contributed by atoms with Crippen LogP contribution in [0.15, 0.2) is 0 Å². The van der Waals surface area contributed by atoms with E-state index < -0.39 is 12.1 Å². The van der Waals surface area contributed by atoms with Crippen molar-refractivity contribution in [1.82, 2.24) is 4.90 Å². The summed E-state index contributed by atoms with van der Waals surface area (Å²) < 4.78 is 10.3. The van der Waals surface area contributed by atoms with E-state index >= 15 is 0 Å². The summed E-state index contributed by atoms with van der Waals surface area (Å²) in [5.74, 6) is -0.905. The number of ether oxygens (including phenoxy) is 2. The third-order valence-corrected chi connectivity index (χ3v) is 2.84. The van der Waals surface area contributed by atoms with Crippen molar-refractivity contribution >= 4 is 5.97 Å². The molecule has 0 saturated carbocycles. The smallest absolute Gasteiger partial charge is 0.334 e. The lowest BCUT2D eigenvalue weighted by molar-refractivity contribution is -0.151. The quantitative estimate of drug-likeness (QED) is 0.629. The van der Waals surface area contributed by atoms with E-state index in [0.717, 1.165) is 13.0 Å². The molecule has 0 heterocycles. The van der Waals surface area contributed by atoms with Gasteiger partial charge in [-0.2, -0.15) is 0 Å². The molecule has 2 atom stereocenters. The van der Waals surface area contributed by atoms with Crippen molar-refractivity contribution in [3.8, 4) is 0 Å². The minimum atomic E-state index is -0.905. The van der Waals surface area contributed by atoms with Crippen LogP contribution in [-0.4, -0.2) is 61.5 Å². The third kappa shape index (κ3) is 6.61. The Kier molecular flexibility index (Phi) is 9.03. The third-order valence-electron chi connectivity index (χ3n) is 2.84. The van der Waals surface area contributed by atoms with Crippen LogP contribution in [0, 0.1) is 0 Å². The lowest BCUT2D eigenvalue weighted by Crippen LogP contribution is -2.44. The summed E-state index contributed by atoms with van der Waals surface area (Å²) in [4.78, 5) is 13.1. The average Bonchev–Trinajstić information content (AvgIpc) is 2.31. The minimum absolute atomic E-state index is 0.326. The van der Waals surface area contributed by atoms with Crippen molar-refractivity contribution < 1.29 is 19.4 Å². The summed E-state index contributed by atoms with van der Waals surface area (Å²) in [5.41, 5.74) is 0. The number of nitrogens with zero attached hydrogens (tertiary/aromatic N) is 1. The number of rotatable bonds is 10. The molecule has 0 aromatic heterocycles. The number of carboxylic acids is 1. The van der Waals surface area contributed by atoms with E-state index in [1.165, 1.54) is 0 Å². The van der Waals surface area contributed by atoms with Crippen molar-refractivity contribution in [1.29, 1.82) is 0 Å². The van der Waals surface area contributed by atoms with Gasteiger partial charge in [-0.1, -0.05) is 6.92 Å². The second-order valence-electron chi connectivity index (χ2n) is 4.03. The Labute approximate surface area is 104 Å². The molecule has 0 aromatic rings. The highest BCUT2D eigenvalue weighted by Crippen LogP contribution is 2.06. The van der Waals surface area contributed by atoms with Crippen molar-refractivity contribution in [2.45, 2.75) is 39.3 Å². The van der Waals surface area contributed by atoms with Crippen molar-refractivity contribution in [3.05, 3.63) is 0 Å². The van der Waals surface area contributed by atoms with Gasteiger partial charge < -0.3 is 14.6 Å². The molecule has 0 radical (unpaired) electrons. The molecule has 0 aliphatic heterocycles. The minimum Gasteiger partial charge on any atom is -0.479 e. The zero-order valence-corrected chi connectivity index (χ0v) is 11.3. The Morgan fingerprint density at radius 2 is 2.06 bits per heavy atom. The SMILES string of the molecule is CCOC(CN(CCOC)C(C)CC)C(=O)O. The normalized spacial score (nSPS) is 14.9. The molecule has 0 rings (SSSR count). The van der Waals surface area contributed by atoms with Gasteiger partial charge in [-0.25, -0.2) is 4.79 Å². The van der Waals surface area contributed by atoms with Gasteiger partial charge in [-0.05, 0) is 20.3 Å². The van der Waals surface area contributed by atoms with Gasteiger partial charge in [-0.15, -0.1) is 0 Å². The van der Waals surface area contributed by atoms with Gasteiger partial charge in [0.2, 0.25) is 0 Å². The second-order valence-corrected chi connectivity index (χ2v) is 4.03. The number of carbonyl (C=O) groups is 1. The van der Waals surface area contributed by atoms with Gasteiger partial charge in [0.1, 0.15) is 0 Å². The van der Waals surface area contributed by atoms with E-state index in [4.69, 9.17) is 14.6 Å². The summed E-state index contributed by atoms with van der Waals surface area (Å²) in [5, 5.41) is 9.05. The Morgan fingerprint density at radius 1 is 1.41 bits per heavy atom. The van der Waals surface area contributed by atoms with Crippen molar-refractivity contribution in [3.63, 3.8) is 0 Å². The van der Waals surface area contributed by atoms with E-state index in [1.807, 2.05) is 0 Å². The fourth-order valence-corrected chi connectivity index (χ4v) is 1.57. The van der Waals surface area contributed by atoms with E-state index in [2.05, 4.69) is 18.7 Å². The zero-order valence-electron chi connectivity index (χ0n) is 11.3. The first-order chi connectivity index (χ1) is 8.06. The predicted octanol–water partition coefficient (Wildman–Crippen LogP) is 1.22. The fourth-order valence-electron chi connectivity index (χ4n) is 1.57. The predicted molar refractivity (Wildman–Crippen MR) is 66.3 cm³/mol. The summed E-state index contributed by atoms with van der Waals surface area (Å²) in [6, 6.07) is 0.326. The average molecular weight is 247 g/mol. The summed E-state index contributed by atoms with van der Waals surface area (Å²) in [6.07, 6.45) is 0.216. The number of methoxy groups -OCH3 is 1. The number of hydrogen-bond acceptors (Lipinski definition) is 4. The molecule has 0 spiro atoms. The maximum Gasteiger partial charge on any atom is 0.334 e. The molecule has 0 aliphatic carbocycles. The van der Waals surface area contributed by atoms with Crippen LogP contribution in [-0.2, 0) is 14.3 Å². The highest BCUT2D eigenvalue weighted by molar-refractivity contribution is 5.72. The van der Waals surface area contributed by atoms with Gasteiger partial charge in [0.25, 0.3) is 0 Å². The molecular formula is C12H25NO4. The number of hydrogen-bond donors (Lipinski definition) is 1. The topological polar surface area (TPSA) is 59.0 Å². The molecule has 0 saturated heterocycles.